The number of hydrogen-bond acceptors (Lipinski definition) is 12. The second-order valence-electron chi connectivity index (χ2n) is 19.1. The Hall–Kier alpha value is -2.68. The van der Waals surface area contributed by atoms with E-state index < -0.39 is 24.4 Å². The summed E-state index contributed by atoms with van der Waals surface area (Å²) in [5.74, 6) is 0.0496. The van der Waals surface area contributed by atoms with Crippen molar-refractivity contribution in [3.63, 3.8) is 0 Å². The zero-order valence-electron chi connectivity index (χ0n) is 39.6. The van der Waals surface area contributed by atoms with Crippen molar-refractivity contribution in [3.05, 3.63) is 47.6 Å². The number of ether oxygens (including phenoxy) is 9. The molecule has 62 heavy (non-hydrogen) atoms. The number of methoxy groups -OCH3 is 5. The molecule has 0 amide bonds. The maximum Gasteiger partial charge on any atom is 0.306 e. The van der Waals surface area contributed by atoms with Gasteiger partial charge in [-0.1, -0.05) is 52.0 Å². The quantitative estimate of drug-likeness (QED) is 0.119. The van der Waals surface area contributed by atoms with Gasteiger partial charge < -0.3 is 47.5 Å². The van der Waals surface area contributed by atoms with Gasteiger partial charge in [-0.05, 0) is 131 Å². The lowest BCUT2D eigenvalue weighted by atomic mass is 9.65. The van der Waals surface area contributed by atoms with Crippen molar-refractivity contribution in [2.24, 2.45) is 41.4 Å². The van der Waals surface area contributed by atoms with Gasteiger partial charge in [0.25, 0.3) is 0 Å². The molecule has 0 N–H and O–H groups in total. The molecule has 1 aromatic carbocycles. The summed E-state index contributed by atoms with van der Waals surface area (Å²) in [5.41, 5.74) is 2.87. The van der Waals surface area contributed by atoms with Gasteiger partial charge in [-0.3, -0.25) is 9.59 Å². The molecule has 3 aliphatic carbocycles. The Bertz CT molecular complexity index is 1700. The van der Waals surface area contributed by atoms with E-state index >= 15 is 4.79 Å². The van der Waals surface area contributed by atoms with E-state index in [1.165, 1.54) is 0 Å². The third kappa shape index (κ3) is 10.7. The minimum atomic E-state index is -0.716. The molecule has 3 fully saturated rings. The number of benzene rings is 1. The topological polar surface area (TPSA) is 120 Å². The molecule has 1 saturated carbocycles. The number of fused-ring (bicyclic) bond motifs is 5. The number of esters is 1. The van der Waals surface area contributed by atoms with E-state index in [1.807, 2.05) is 19.1 Å². The number of nitrogens with zero attached hydrogens (tertiary/aromatic N) is 1. The van der Waals surface area contributed by atoms with Crippen LogP contribution in [0.25, 0.3) is 5.57 Å². The molecular weight excluding hydrogens is 791 g/mol. The lowest BCUT2D eigenvalue weighted by Crippen LogP contribution is -2.51. The highest BCUT2D eigenvalue weighted by molar-refractivity contribution is 5.99. The van der Waals surface area contributed by atoms with Gasteiger partial charge in [-0.2, -0.15) is 0 Å². The number of rotatable bonds is 16. The zero-order chi connectivity index (χ0) is 44.8. The van der Waals surface area contributed by atoms with E-state index in [2.05, 4.69) is 71.0 Å². The van der Waals surface area contributed by atoms with Crippen molar-refractivity contribution >= 4 is 17.3 Å². The van der Waals surface area contributed by atoms with Crippen LogP contribution in [-0.4, -0.2) is 128 Å². The van der Waals surface area contributed by atoms with Crippen molar-refractivity contribution < 1.29 is 52.2 Å². The van der Waals surface area contributed by atoms with Crippen LogP contribution in [0.1, 0.15) is 98.0 Å². The van der Waals surface area contributed by atoms with Gasteiger partial charge in [0.15, 0.2) is 18.4 Å². The lowest BCUT2D eigenvalue weighted by molar-refractivity contribution is -0.247. The predicted molar refractivity (Wildman–Crippen MR) is 237 cm³/mol. The average Bonchev–Trinajstić information content (AvgIpc) is 3.84. The molecular formula is C50H77NO11. The van der Waals surface area contributed by atoms with Crippen LogP contribution in [0, 0.1) is 41.4 Å². The largest absolute Gasteiger partial charge is 0.497 e. The number of carbonyl (C=O) groups excluding carboxylic acids is 2. The van der Waals surface area contributed by atoms with Crippen LogP contribution < -0.4 is 4.74 Å². The summed E-state index contributed by atoms with van der Waals surface area (Å²) in [6.45, 7) is 10.4. The summed E-state index contributed by atoms with van der Waals surface area (Å²) in [6, 6.07) is 8.45. The van der Waals surface area contributed by atoms with Gasteiger partial charge in [-0.25, -0.2) is 0 Å². The summed E-state index contributed by atoms with van der Waals surface area (Å²) in [6.07, 6.45) is 7.83. The molecule has 2 aliphatic heterocycles. The molecule has 12 nitrogen and oxygen atoms in total. The minimum absolute atomic E-state index is 0.00665. The maximum absolute atomic E-state index is 15.2. The van der Waals surface area contributed by atoms with Crippen molar-refractivity contribution in [1.29, 1.82) is 0 Å². The van der Waals surface area contributed by atoms with Crippen LogP contribution in [0.3, 0.4) is 0 Å². The fourth-order valence-electron chi connectivity index (χ4n) is 11.6. The zero-order valence-corrected chi connectivity index (χ0v) is 39.6. The first kappa shape index (κ1) is 48.8. The number of allylic oxidation sites excluding steroid dienone is 4. The molecule has 7 unspecified atom stereocenters. The first-order chi connectivity index (χ1) is 29.8. The molecule has 16 atom stereocenters. The molecule has 2 heterocycles. The molecule has 348 valence electrons. The SMILES string of the molecule is CC[C@H]1CCC[C@H](O[C@H]2CC[C@H](N(C)C)C(C)O2)[C@@H](C)C(=O)C2=C[C@@H]3C(C(c4cccc(OC)c4)=CC4C[C@@H](OC(OC)C(OC)C(OC)C(OC)C(C)C)C[C@H]43)[C@@H]2CC(=O)O1. The monoisotopic (exact) mass is 868 g/mol. The normalized spacial score (nSPS) is 35.1. The van der Waals surface area contributed by atoms with Gasteiger partial charge >= 0.3 is 5.97 Å². The molecule has 0 spiro atoms. The van der Waals surface area contributed by atoms with Crippen molar-refractivity contribution in [2.45, 2.75) is 154 Å². The van der Waals surface area contributed by atoms with Gasteiger partial charge in [0.1, 0.15) is 24.1 Å². The van der Waals surface area contributed by atoms with E-state index in [0.717, 1.165) is 55.4 Å². The van der Waals surface area contributed by atoms with Gasteiger partial charge in [0.2, 0.25) is 0 Å². The Balaban J connectivity index is 1.35. The average molecular weight is 868 g/mol. The summed E-state index contributed by atoms with van der Waals surface area (Å²) in [5, 5.41) is 0. The number of Topliss-reactive ketones (excluding diaryl/α,β-unsaturated/α-hetero) is 1. The number of hydrogen-bond donors (Lipinski definition) is 0. The maximum atomic E-state index is 15.2. The smallest absolute Gasteiger partial charge is 0.306 e. The fraction of sp³-hybridized carbons (Fsp3) is 0.760. The van der Waals surface area contributed by atoms with E-state index in [0.29, 0.717) is 24.5 Å². The molecule has 12 heteroatoms. The third-order valence-corrected chi connectivity index (χ3v) is 14.8. The Morgan fingerprint density at radius 1 is 0.855 bits per heavy atom. The fourth-order valence-corrected chi connectivity index (χ4v) is 11.6. The Morgan fingerprint density at radius 2 is 1.60 bits per heavy atom. The van der Waals surface area contributed by atoms with Crippen LogP contribution >= 0.6 is 0 Å². The van der Waals surface area contributed by atoms with E-state index in [4.69, 9.17) is 42.6 Å². The van der Waals surface area contributed by atoms with Gasteiger partial charge in [0.05, 0.1) is 37.9 Å². The number of likely N-dealkylation sites (N-methyl/N-ethyl adjacent to an activating group) is 1. The first-order valence-corrected chi connectivity index (χ1v) is 23.3. The second kappa shape index (κ2) is 22.0. The van der Waals surface area contributed by atoms with Crippen LogP contribution in [0.4, 0.5) is 0 Å². The second-order valence-corrected chi connectivity index (χ2v) is 19.1. The third-order valence-electron chi connectivity index (χ3n) is 14.8. The molecule has 5 aliphatic rings. The number of cyclic esters (lactones) is 1. The molecule has 1 aromatic rings. The first-order valence-electron chi connectivity index (χ1n) is 23.3. The summed E-state index contributed by atoms with van der Waals surface area (Å²) < 4.78 is 56.1. The molecule has 2 saturated heterocycles. The van der Waals surface area contributed by atoms with Crippen LogP contribution in [-0.2, 0) is 47.5 Å². The van der Waals surface area contributed by atoms with Crippen molar-refractivity contribution in [2.75, 3.05) is 49.6 Å². The molecule has 0 bridgehead atoms. The molecule has 0 radical (unpaired) electrons. The van der Waals surface area contributed by atoms with Crippen molar-refractivity contribution in [3.8, 4) is 5.75 Å². The van der Waals surface area contributed by atoms with Gasteiger partial charge in [-0.15, -0.1) is 0 Å². The van der Waals surface area contributed by atoms with E-state index in [-0.39, 0.29) is 90.5 Å². The number of carbonyl (C=O) groups is 2. The highest BCUT2D eigenvalue weighted by Gasteiger charge is 2.54. The molecule has 6 rings (SSSR count). The summed E-state index contributed by atoms with van der Waals surface area (Å²) in [4.78, 5) is 31.5. The minimum Gasteiger partial charge on any atom is -0.497 e. The van der Waals surface area contributed by atoms with Crippen molar-refractivity contribution in [1.82, 2.24) is 4.90 Å². The Labute approximate surface area is 371 Å². The summed E-state index contributed by atoms with van der Waals surface area (Å²) in [7, 11) is 12.5. The summed E-state index contributed by atoms with van der Waals surface area (Å²) >= 11 is 0. The van der Waals surface area contributed by atoms with E-state index in [9.17, 15) is 4.79 Å². The van der Waals surface area contributed by atoms with Crippen LogP contribution in [0.5, 0.6) is 5.75 Å². The van der Waals surface area contributed by atoms with Crippen LogP contribution in [0.2, 0.25) is 0 Å². The predicted octanol–water partition coefficient (Wildman–Crippen LogP) is 7.91. The highest BCUT2D eigenvalue weighted by Crippen LogP contribution is 2.58. The standard InChI is InChI=1S/C50H77NO11/c1-13-33-17-15-19-42(62-44-21-20-41(51(6)7)30(5)59-44)29(4)46(53)40-26-38-36-25-35(61-50(58-12)49(57-11)48(56-10)47(55-9)28(2)3)23-32(36)24-37(31-16-14-18-34(22-31)54-8)45(38)39(40)27-43(52)60-33/h14,16,18,22,24,26,28-30,32-33,35-36,38-39,41-42,44-45,47-50H,13,15,17,19-21,23,25,27H2,1-12H3/t29-,30?,32?,33+,35-,36-,38+,39-,41+,42+,44+,45?,47?,48?,49?,50?/m1/s1. The van der Waals surface area contributed by atoms with Crippen LogP contribution in [0.15, 0.2) is 42.0 Å². The lowest BCUT2D eigenvalue weighted by Gasteiger charge is -2.40. The van der Waals surface area contributed by atoms with E-state index in [1.54, 1.807) is 35.5 Å². The molecule has 0 aromatic heterocycles. The Morgan fingerprint density at radius 3 is 2.23 bits per heavy atom. The highest BCUT2D eigenvalue weighted by atomic mass is 16.7. The Kier molecular flexibility index (Phi) is 17.3. The number of ketones is 1. The van der Waals surface area contributed by atoms with Gasteiger partial charge in [0, 0.05) is 46.3 Å².